The van der Waals surface area contributed by atoms with Crippen LogP contribution in [0, 0.1) is 5.92 Å². The molecule has 0 N–H and O–H groups in total. The van der Waals surface area contributed by atoms with Gasteiger partial charge >= 0.3 is 5.97 Å². The number of carbonyl (C=O) groups is 2. The van der Waals surface area contributed by atoms with Crippen molar-refractivity contribution < 1.29 is 32.2 Å². The molecule has 0 saturated carbocycles. The molecule has 3 heterocycles. The number of hydrogen-bond acceptors (Lipinski definition) is 7. The van der Waals surface area contributed by atoms with Gasteiger partial charge in [-0.2, -0.15) is 4.31 Å². The average Bonchev–Trinajstić information content (AvgIpc) is 2.82. The second-order valence-corrected chi connectivity index (χ2v) is 11.0. The van der Waals surface area contributed by atoms with Crippen LogP contribution in [-0.2, 0) is 24.3 Å². The Balaban J connectivity index is 1.30. The molecule has 0 aromatic heterocycles. The minimum absolute atomic E-state index is 0.142. The first kappa shape index (κ1) is 23.8. The van der Waals surface area contributed by atoms with E-state index in [1.165, 1.54) is 16.4 Å². The summed E-state index contributed by atoms with van der Waals surface area (Å²) in [5, 5.41) is 0. The number of sulfonamides is 1. The maximum absolute atomic E-state index is 13.1. The summed E-state index contributed by atoms with van der Waals surface area (Å²) >= 11 is 0. The van der Waals surface area contributed by atoms with Crippen LogP contribution in [-0.4, -0.2) is 74.5 Å². The van der Waals surface area contributed by atoms with E-state index in [1.54, 1.807) is 6.07 Å². The number of carbonyl (C=O) groups excluding carboxylic acids is 2. The number of amides is 1. The van der Waals surface area contributed by atoms with Crippen molar-refractivity contribution >= 4 is 21.9 Å². The molecule has 1 aromatic rings. The molecule has 0 spiro atoms. The van der Waals surface area contributed by atoms with Gasteiger partial charge in [0.05, 0.1) is 10.8 Å². The molecule has 3 aliphatic heterocycles. The largest absolute Gasteiger partial charge is 0.486 e. The second-order valence-electron chi connectivity index (χ2n) is 9.02. The quantitative estimate of drug-likeness (QED) is 0.595. The van der Waals surface area contributed by atoms with Gasteiger partial charge < -0.3 is 19.1 Å². The van der Waals surface area contributed by atoms with Crippen LogP contribution in [0.1, 0.15) is 46.0 Å². The van der Waals surface area contributed by atoms with Crippen molar-refractivity contribution in [3.63, 3.8) is 0 Å². The normalized spacial score (nSPS) is 24.4. The zero-order valence-corrected chi connectivity index (χ0v) is 20.0. The predicted octanol–water partition coefficient (Wildman–Crippen LogP) is 2.19. The number of piperidine rings is 2. The van der Waals surface area contributed by atoms with Crippen molar-refractivity contribution in [3.8, 4) is 11.5 Å². The lowest BCUT2D eigenvalue weighted by atomic mass is 9.97. The number of fused-ring (bicyclic) bond motifs is 1. The highest BCUT2D eigenvalue weighted by atomic mass is 32.2. The molecule has 10 heteroatoms. The Bertz CT molecular complexity index is 979. The Hall–Kier alpha value is -2.33. The minimum Gasteiger partial charge on any atom is -0.486 e. The molecule has 4 rings (SSSR count). The van der Waals surface area contributed by atoms with E-state index in [2.05, 4.69) is 0 Å². The van der Waals surface area contributed by atoms with Gasteiger partial charge in [-0.25, -0.2) is 8.42 Å². The van der Waals surface area contributed by atoms with Gasteiger partial charge in [0.25, 0.3) is 5.91 Å². The summed E-state index contributed by atoms with van der Waals surface area (Å²) in [5.74, 6) is -0.0632. The summed E-state index contributed by atoms with van der Waals surface area (Å²) < 4.78 is 43.8. The summed E-state index contributed by atoms with van der Waals surface area (Å²) in [4.78, 5) is 27.1. The summed E-state index contributed by atoms with van der Waals surface area (Å²) in [6.45, 7) is 5.02. The Morgan fingerprint density at radius 2 is 1.64 bits per heavy atom. The van der Waals surface area contributed by atoms with Gasteiger partial charge in [0, 0.05) is 31.2 Å². The molecule has 2 atom stereocenters. The van der Waals surface area contributed by atoms with Crippen molar-refractivity contribution in [2.24, 2.45) is 5.92 Å². The summed E-state index contributed by atoms with van der Waals surface area (Å²) in [6, 6.07) is 4.89. The SMILES string of the molecule is C[C@H]1CCC[C@H](C)N1C(=O)COC(=O)C1CCN(S(=O)(=O)c2ccc3c(c2)OCCO3)CC1. The summed E-state index contributed by atoms with van der Waals surface area (Å²) in [7, 11) is -3.71. The minimum atomic E-state index is -3.71. The third kappa shape index (κ3) is 5.11. The lowest BCUT2D eigenvalue weighted by molar-refractivity contribution is -0.158. The molecule has 1 amide bonds. The first-order chi connectivity index (χ1) is 15.8. The number of nitrogens with zero attached hydrogens (tertiary/aromatic N) is 2. The van der Waals surface area contributed by atoms with Crippen molar-refractivity contribution in [1.29, 1.82) is 0 Å². The summed E-state index contributed by atoms with van der Waals surface area (Å²) in [6.07, 6.45) is 3.72. The van der Waals surface area contributed by atoms with E-state index in [4.69, 9.17) is 14.2 Å². The molecule has 0 unspecified atom stereocenters. The first-order valence-electron chi connectivity index (χ1n) is 11.6. The monoisotopic (exact) mass is 480 g/mol. The van der Waals surface area contributed by atoms with E-state index >= 15 is 0 Å². The van der Waals surface area contributed by atoms with E-state index in [0.29, 0.717) is 37.6 Å². The third-order valence-electron chi connectivity index (χ3n) is 6.76. The Morgan fingerprint density at radius 1 is 1.00 bits per heavy atom. The van der Waals surface area contributed by atoms with Crippen LogP contribution < -0.4 is 9.47 Å². The van der Waals surface area contributed by atoms with Crippen LogP contribution in [0.3, 0.4) is 0 Å². The molecule has 2 fully saturated rings. The van der Waals surface area contributed by atoms with E-state index in [0.717, 1.165) is 19.3 Å². The highest BCUT2D eigenvalue weighted by Gasteiger charge is 2.35. The molecular weight excluding hydrogens is 448 g/mol. The number of ether oxygens (including phenoxy) is 3. The van der Waals surface area contributed by atoms with Gasteiger partial charge in [-0.05, 0) is 58.1 Å². The maximum atomic E-state index is 13.1. The molecule has 0 aliphatic carbocycles. The van der Waals surface area contributed by atoms with E-state index in [-0.39, 0.29) is 42.6 Å². The predicted molar refractivity (Wildman–Crippen MR) is 119 cm³/mol. The smallest absolute Gasteiger partial charge is 0.309 e. The van der Waals surface area contributed by atoms with Crippen LogP contribution in [0.25, 0.3) is 0 Å². The van der Waals surface area contributed by atoms with Crippen molar-refractivity contribution in [1.82, 2.24) is 9.21 Å². The molecular formula is C23H32N2O7S. The molecule has 9 nitrogen and oxygen atoms in total. The zero-order chi connectivity index (χ0) is 23.6. The topological polar surface area (TPSA) is 102 Å². The molecule has 33 heavy (non-hydrogen) atoms. The van der Waals surface area contributed by atoms with Gasteiger partial charge in [0.15, 0.2) is 18.1 Å². The second kappa shape index (κ2) is 9.89. The maximum Gasteiger partial charge on any atom is 0.309 e. The lowest BCUT2D eigenvalue weighted by Gasteiger charge is -2.39. The fraction of sp³-hybridized carbons (Fsp3) is 0.652. The Kier molecular flexibility index (Phi) is 7.13. The van der Waals surface area contributed by atoms with Crippen LogP contribution in [0.5, 0.6) is 11.5 Å². The van der Waals surface area contributed by atoms with Crippen LogP contribution in [0.15, 0.2) is 23.1 Å². The van der Waals surface area contributed by atoms with Gasteiger partial charge in [-0.1, -0.05) is 0 Å². The van der Waals surface area contributed by atoms with Gasteiger partial charge in [-0.15, -0.1) is 0 Å². The fourth-order valence-corrected chi connectivity index (χ4v) is 6.39. The van der Waals surface area contributed by atoms with Crippen molar-refractivity contribution in [3.05, 3.63) is 18.2 Å². The highest BCUT2D eigenvalue weighted by molar-refractivity contribution is 7.89. The Morgan fingerprint density at radius 3 is 2.30 bits per heavy atom. The highest BCUT2D eigenvalue weighted by Crippen LogP contribution is 2.34. The summed E-state index contributed by atoms with van der Waals surface area (Å²) in [5.41, 5.74) is 0. The number of hydrogen-bond donors (Lipinski definition) is 0. The fourth-order valence-electron chi connectivity index (χ4n) is 4.90. The van der Waals surface area contributed by atoms with Gasteiger partial charge in [0.1, 0.15) is 13.2 Å². The Labute approximate surface area is 195 Å². The molecule has 182 valence electrons. The van der Waals surface area contributed by atoms with Gasteiger partial charge in [0.2, 0.25) is 10.0 Å². The molecule has 0 radical (unpaired) electrons. The standard InChI is InChI=1S/C23H32N2O7S/c1-16-4-3-5-17(2)25(16)22(26)15-32-23(27)18-8-10-24(11-9-18)33(28,29)19-6-7-20-21(14-19)31-13-12-30-20/h6-7,14,16-18H,3-5,8-13,15H2,1-2H3/t16-,17-/m0/s1. The molecule has 2 saturated heterocycles. The van der Waals surface area contributed by atoms with Crippen LogP contribution in [0.4, 0.5) is 0 Å². The number of rotatable bonds is 5. The zero-order valence-electron chi connectivity index (χ0n) is 19.2. The first-order valence-corrected chi connectivity index (χ1v) is 13.1. The van der Waals surface area contributed by atoms with Crippen molar-refractivity contribution in [2.75, 3.05) is 32.9 Å². The van der Waals surface area contributed by atoms with Crippen LogP contribution in [0.2, 0.25) is 0 Å². The lowest BCUT2D eigenvalue weighted by Crippen LogP contribution is -2.49. The molecule has 0 bridgehead atoms. The van der Waals surface area contributed by atoms with E-state index in [9.17, 15) is 18.0 Å². The van der Waals surface area contributed by atoms with E-state index in [1.807, 2.05) is 18.7 Å². The molecule has 1 aromatic carbocycles. The number of esters is 1. The third-order valence-corrected chi connectivity index (χ3v) is 8.65. The van der Waals surface area contributed by atoms with Crippen molar-refractivity contribution in [2.45, 2.75) is 62.9 Å². The van der Waals surface area contributed by atoms with Gasteiger partial charge in [-0.3, -0.25) is 9.59 Å². The number of benzene rings is 1. The number of likely N-dealkylation sites (tertiary alicyclic amines) is 1. The average molecular weight is 481 g/mol. The molecule has 3 aliphatic rings. The van der Waals surface area contributed by atoms with E-state index < -0.39 is 21.9 Å². The van der Waals surface area contributed by atoms with Crippen LogP contribution >= 0.6 is 0 Å².